The van der Waals surface area contributed by atoms with Gasteiger partial charge in [-0.05, 0) is 23.8 Å². The van der Waals surface area contributed by atoms with Gasteiger partial charge in [0.05, 0.1) is 5.56 Å². The van der Waals surface area contributed by atoms with Gasteiger partial charge in [0.25, 0.3) is 0 Å². The molecule has 0 saturated carbocycles. The van der Waals surface area contributed by atoms with E-state index in [0.29, 0.717) is 0 Å². The molecule has 0 aliphatic carbocycles. The van der Waals surface area contributed by atoms with Gasteiger partial charge in [-0.3, -0.25) is 0 Å². The third kappa shape index (κ3) is 1.76. The number of rotatable bonds is 2. The number of fused-ring (bicyclic) bond motifs is 1. The van der Waals surface area contributed by atoms with Crippen LogP contribution in [0.3, 0.4) is 0 Å². The van der Waals surface area contributed by atoms with Gasteiger partial charge in [0.15, 0.2) is 0 Å². The van der Waals surface area contributed by atoms with Crippen LogP contribution < -0.4 is 0 Å². The number of hydrogen-bond acceptors (Lipinski definition) is 1. The van der Waals surface area contributed by atoms with Crippen LogP contribution >= 0.6 is 0 Å². The standard InChI is InChI=1S/C15H11NO2/c17-15(18)12-6-7-14-8-13(10-16(14)9-12)11-4-2-1-3-5-11/h1-10H,(H,17,18). The van der Waals surface area contributed by atoms with E-state index >= 15 is 0 Å². The molecule has 0 aliphatic heterocycles. The number of benzene rings is 1. The van der Waals surface area contributed by atoms with Crippen LogP contribution in [0.1, 0.15) is 10.4 Å². The molecule has 0 fully saturated rings. The second-order valence-corrected chi connectivity index (χ2v) is 4.15. The number of carboxylic acid groups (broad SMARTS) is 1. The molecule has 3 nitrogen and oxygen atoms in total. The van der Waals surface area contributed by atoms with Crippen molar-refractivity contribution in [2.45, 2.75) is 0 Å². The Hall–Kier alpha value is -2.55. The summed E-state index contributed by atoms with van der Waals surface area (Å²) in [5.74, 6) is -0.910. The summed E-state index contributed by atoms with van der Waals surface area (Å²) in [7, 11) is 0. The summed E-state index contributed by atoms with van der Waals surface area (Å²) in [4.78, 5) is 10.9. The molecule has 0 atom stereocenters. The summed E-state index contributed by atoms with van der Waals surface area (Å²) in [6.45, 7) is 0. The maximum atomic E-state index is 10.9. The van der Waals surface area contributed by atoms with Crippen molar-refractivity contribution in [2.75, 3.05) is 0 Å². The number of pyridine rings is 1. The molecule has 0 unspecified atom stereocenters. The first-order chi connectivity index (χ1) is 8.74. The summed E-state index contributed by atoms with van der Waals surface area (Å²) < 4.78 is 1.84. The van der Waals surface area contributed by atoms with E-state index in [1.54, 1.807) is 12.3 Å². The highest BCUT2D eigenvalue weighted by Crippen LogP contribution is 2.22. The van der Waals surface area contributed by atoms with Crippen LogP contribution in [0.4, 0.5) is 0 Å². The molecule has 0 bridgehead atoms. The molecule has 3 heteroatoms. The van der Waals surface area contributed by atoms with E-state index in [0.717, 1.165) is 16.6 Å². The van der Waals surface area contributed by atoms with Crippen molar-refractivity contribution < 1.29 is 9.90 Å². The van der Waals surface area contributed by atoms with Crippen LogP contribution in [0, 0.1) is 0 Å². The summed E-state index contributed by atoms with van der Waals surface area (Å²) in [5.41, 5.74) is 3.48. The van der Waals surface area contributed by atoms with Crippen LogP contribution in [-0.4, -0.2) is 15.5 Å². The molecular weight excluding hydrogens is 226 g/mol. The van der Waals surface area contributed by atoms with Crippen molar-refractivity contribution >= 4 is 11.5 Å². The van der Waals surface area contributed by atoms with Crippen molar-refractivity contribution in [3.63, 3.8) is 0 Å². The molecule has 0 amide bonds. The Morgan fingerprint density at radius 1 is 0.944 bits per heavy atom. The third-order valence-electron chi connectivity index (χ3n) is 2.95. The molecule has 0 radical (unpaired) electrons. The van der Waals surface area contributed by atoms with Gasteiger partial charge in [-0.25, -0.2) is 4.79 Å². The zero-order valence-corrected chi connectivity index (χ0v) is 9.58. The Morgan fingerprint density at radius 2 is 1.72 bits per heavy atom. The van der Waals surface area contributed by atoms with E-state index in [-0.39, 0.29) is 5.56 Å². The fourth-order valence-corrected chi connectivity index (χ4v) is 2.02. The minimum absolute atomic E-state index is 0.290. The number of aromatic carboxylic acids is 1. The molecule has 1 N–H and O–H groups in total. The number of hydrogen-bond donors (Lipinski definition) is 1. The lowest BCUT2D eigenvalue weighted by Gasteiger charge is -1.96. The summed E-state index contributed by atoms with van der Waals surface area (Å²) in [6.07, 6.45) is 3.57. The second kappa shape index (κ2) is 4.04. The summed E-state index contributed by atoms with van der Waals surface area (Å²) in [6, 6.07) is 15.5. The Labute approximate surface area is 104 Å². The van der Waals surface area contributed by atoms with Crippen LogP contribution in [0.5, 0.6) is 0 Å². The first-order valence-electron chi connectivity index (χ1n) is 5.64. The van der Waals surface area contributed by atoms with Crippen LogP contribution in [0.25, 0.3) is 16.6 Å². The lowest BCUT2D eigenvalue weighted by molar-refractivity contribution is 0.0696. The Bertz CT molecular complexity index is 714. The van der Waals surface area contributed by atoms with Gasteiger partial charge in [0, 0.05) is 23.5 Å². The van der Waals surface area contributed by atoms with Crippen molar-refractivity contribution in [1.82, 2.24) is 4.40 Å². The first-order valence-corrected chi connectivity index (χ1v) is 5.64. The molecule has 3 rings (SSSR count). The van der Waals surface area contributed by atoms with E-state index < -0.39 is 5.97 Å². The van der Waals surface area contributed by atoms with Gasteiger partial charge in [0.1, 0.15) is 0 Å². The molecular formula is C15H11NO2. The monoisotopic (exact) mass is 237 g/mol. The Morgan fingerprint density at radius 3 is 2.44 bits per heavy atom. The highest BCUT2D eigenvalue weighted by molar-refractivity contribution is 5.88. The molecule has 3 aromatic rings. The van der Waals surface area contributed by atoms with Gasteiger partial charge in [-0.2, -0.15) is 0 Å². The van der Waals surface area contributed by atoms with Crippen LogP contribution in [0.15, 0.2) is 60.9 Å². The van der Waals surface area contributed by atoms with E-state index in [1.165, 1.54) is 0 Å². The van der Waals surface area contributed by atoms with Gasteiger partial charge >= 0.3 is 5.97 Å². The van der Waals surface area contributed by atoms with E-state index in [4.69, 9.17) is 5.11 Å². The highest BCUT2D eigenvalue weighted by atomic mass is 16.4. The average molecular weight is 237 g/mol. The predicted octanol–water partition coefficient (Wildman–Crippen LogP) is 3.30. The van der Waals surface area contributed by atoms with Crippen molar-refractivity contribution in [1.29, 1.82) is 0 Å². The van der Waals surface area contributed by atoms with Crippen molar-refractivity contribution in [3.8, 4) is 11.1 Å². The number of carbonyl (C=O) groups is 1. The molecule has 88 valence electrons. The first kappa shape index (κ1) is 10.6. The lowest BCUT2D eigenvalue weighted by Crippen LogP contribution is -1.97. The van der Waals surface area contributed by atoms with Crippen molar-refractivity contribution in [2.24, 2.45) is 0 Å². The molecule has 0 aliphatic rings. The van der Waals surface area contributed by atoms with Crippen molar-refractivity contribution in [3.05, 3.63) is 66.5 Å². The third-order valence-corrected chi connectivity index (χ3v) is 2.95. The fraction of sp³-hybridized carbons (Fsp3) is 0. The smallest absolute Gasteiger partial charge is 0.337 e. The maximum absolute atomic E-state index is 10.9. The molecule has 1 aromatic carbocycles. The largest absolute Gasteiger partial charge is 0.478 e. The Balaban J connectivity index is 2.14. The highest BCUT2D eigenvalue weighted by Gasteiger charge is 2.06. The molecule has 0 spiro atoms. The number of carboxylic acids is 1. The summed E-state index contributed by atoms with van der Waals surface area (Å²) >= 11 is 0. The molecule has 0 saturated heterocycles. The minimum Gasteiger partial charge on any atom is -0.478 e. The zero-order valence-electron chi connectivity index (χ0n) is 9.58. The predicted molar refractivity (Wildman–Crippen MR) is 69.8 cm³/mol. The van der Waals surface area contributed by atoms with Gasteiger partial charge in [-0.15, -0.1) is 0 Å². The topological polar surface area (TPSA) is 41.7 Å². The lowest BCUT2D eigenvalue weighted by atomic mass is 10.1. The van der Waals surface area contributed by atoms with Gasteiger partial charge < -0.3 is 9.51 Å². The number of nitrogens with zero attached hydrogens (tertiary/aromatic N) is 1. The second-order valence-electron chi connectivity index (χ2n) is 4.15. The van der Waals surface area contributed by atoms with Crippen LogP contribution in [-0.2, 0) is 0 Å². The molecule has 2 heterocycles. The van der Waals surface area contributed by atoms with E-state index in [2.05, 4.69) is 0 Å². The zero-order chi connectivity index (χ0) is 12.5. The minimum atomic E-state index is -0.910. The number of aromatic nitrogens is 1. The van der Waals surface area contributed by atoms with E-state index in [1.807, 2.05) is 53.1 Å². The molecule has 2 aromatic heterocycles. The van der Waals surface area contributed by atoms with E-state index in [9.17, 15) is 4.79 Å². The quantitative estimate of drug-likeness (QED) is 0.743. The molecule has 18 heavy (non-hydrogen) atoms. The Kier molecular flexibility index (Phi) is 2.38. The van der Waals surface area contributed by atoms with Gasteiger partial charge in [0.2, 0.25) is 0 Å². The SMILES string of the molecule is O=C(O)c1ccc2cc(-c3ccccc3)cn2c1. The average Bonchev–Trinajstić information content (AvgIpc) is 2.82. The normalized spacial score (nSPS) is 10.7. The maximum Gasteiger partial charge on any atom is 0.337 e. The fourth-order valence-electron chi connectivity index (χ4n) is 2.02. The van der Waals surface area contributed by atoms with Crippen LogP contribution in [0.2, 0.25) is 0 Å². The van der Waals surface area contributed by atoms with Gasteiger partial charge in [-0.1, -0.05) is 30.3 Å². The summed E-state index contributed by atoms with van der Waals surface area (Å²) in [5, 5.41) is 8.95.